The van der Waals surface area contributed by atoms with Crippen molar-refractivity contribution < 1.29 is 12.8 Å². The summed E-state index contributed by atoms with van der Waals surface area (Å²) in [5.74, 6) is 0.108. The van der Waals surface area contributed by atoms with Crippen LogP contribution in [0.5, 0.6) is 0 Å². The molecular formula is C15H21FN2O2S2. The van der Waals surface area contributed by atoms with Crippen molar-refractivity contribution in [2.24, 2.45) is 5.41 Å². The van der Waals surface area contributed by atoms with E-state index in [1.165, 1.54) is 22.5 Å². The summed E-state index contributed by atoms with van der Waals surface area (Å²) in [7, 11) is -3.70. The number of benzene rings is 1. The van der Waals surface area contributed by atoms with Gasteiger partial charge in [0, 0.05) is 36.3 Å². The Morgan fingerprint density at radius 1 is 1.41 bits per heavy atom. The van der Waals surface area contributed by atoms with Gasteiger partial charge in [-0.1, -0.05) is 12.1 Å². The molecule has 0 amide bonds. The van der Waals surface area contributed by atoms with E-state index in [9.17, 15) is 12.8 Å². The Morgan fingerprint density at radius 3 is 2.64 bits per heavy atom. The van der Waals surface area contributed by atoms with E-state index in [2.05, 4.69) is 24.9 Å². The Balaban J connectivity index is 1.59. The second-order valence-corrected chi connectivity index (χ2v) is 8.83. The lowest BCUT2D eigenvalue weighted by Gasteiger charge is -2.58. The summed E-state index contributed by atoms with van der Waals surface area (Å²) in [6.07, 6.45) is 1.96. The van der Waals surface area contributed by atoms with Crippen molar-refractivity contribution in [3.8, 4) is 0 Å². The Hall–Kier alpha value is -0.630. The maximum Gasteiger partial charge on any atom is 0.246 e. The molecule has 22 heavy (non-hydrogen) atoms. The molecular weight excluding hydrogens is 323 g/mol. The fourth-order valence-corrected chi connectivity index (χ4v) is 5.32. The Labute approximate surface area is 136 Å². The number of hydrogen-bond acceptors (Lipinski definition) is 4. The lowest BCUT2D eigenvalue weighted by atomic mass is 9.61. The largest absolute Gasteiger partial charge is 0.311 e. The second-order valence-electron chi connectivity index (χ2n) is 6.56. The van der Waals surface area contributed by atoms with Crippen molar-refractivity contribution >= 4 is 22.7 Å². The summed E-state index contributed by atoms with van der Waals surface area (Å²) in [6.45, 7) is 3.09. The molecule has 0 aromatic heterocycles. The third-order valence-corrected chi connectivity index (χ3v) is 7.00. The van der Waals surface area contributed by atoms with E-state index in [1.807, 2.05) is 0 Å². The van der Waals surface area contributed by atoms with E-state index < -0.39 is 15.8 Å². The molecule has 0 bridgehead atoms. The normalized spacial score (nSPS) is 23.0. The third-order valence-electron chi connectivity index (χ3n) is 4.63. The highest BCUT2D eigenvalue weighted by Gasteiger charge is 2.55. The number of nitrogens with zero attached hydrogens (tertiary/aromatic N) is 1. The average molecular weight is 344 g/mol. The van der Waals surface area contributed by atoms with Crippen molar-refractivity contribution in [2.75, 3.05) is 18.8 Å². The van der Waals surface area contributed by atoms with Crippen molar-refractivity contribution in [3.63, 3.8) is 0 Å². The molecule has 1 spiro atoms. The molecule has 122 valence electrons. The van der Waals surface area contributed by atoms with Crippen LogP contribution in [-0.4, -0.2) is 43.6 Å². The van der Waals surface area contributed by atoms with Crippen LogP contribution in [0.15, 0.2) is 29.2 Å². The van der Waals surface area contributed by atoms with E-state index >= 15 is 0 Å². The minimum atomic E-state index is -3.70. The number of hydrogen-bond donors (Lipinski definition) is 2. The molecule has 1 aromatic carbocycles. The monoisotopic (exact) mass is 344 g/mol. The van der Waals surface area contributed by atoms with Gasteiger partial charge in [-0.2, -0.15) is 16.9 Å². The first-order chi connectivity index (χ1) is 10.4. The van der Waals surface area contributed by atoms with Crippen molar-refractivity contribution in [1.29, 1.82) is 0 Å². The standard InChI is InChI=1S/C15H21FN2O2S2/c1-11(8-21)17-12-6-15(7-12)9-18(10-15)22(19,20)14-5-3-2-4-13(14)16/h2-5,11-12,17,21H,6-10H2,1H3. The zero-order valence-corrected chi connectivity index (χ0v) is 14.2. The van der Waals surface area contributed by atoms with Crippen LogP contribution >= 0.6 is 12.6 Å². The van der Waals surface area contributed by atoms with Gasteiger partial charge in [0.1, 0.15) is 10.7 Å². The molecule has 1 N–H and O–H groups in total. The molecule has 0 radical (unpaired) electrons. The van der Waals surface area contributed by atoms with Crippen molar-refractivity contribution in [3.05, 3.63) is 30.1 Å². The predicted molar refractivity (Wildman–Crippen MR) is 87.1 cm³/mol. The fourth-order valence-electron chi connectivity index (χ4n) is 3.48. The minimum absolute atomic E-state index is 0.0896. The van der Waals surface area contributed by atoms with Crippen LogP contribution in [0.1, 0.15) is 19.8 Å². The molecule has 1 aliphatic heterocycles. The van der Waals surface area contributed by atoms with Crippen molar-refractivity contribution in [1.82, 2.24) is 9.62 Å². The molecule has 1 aromatic rings. The van der Waals surface area contributed by atoms with Gasteiger partial charge >= 0.3 is 0 Å². The van der Waals surface area contributed by atoms with E-state index in [1.54, 1.807) is 6.07 Å². The molecule has 2 aliphatic rings. The lowest BCUT2D eigenvalue weighted by Crippen LogP contribution is -2.67. The number of sulfonamides is 1. The van der Waals surface area contributed by atoms with Crippen LogP contribution in [0.2, 0.25) is 0 Å². The van der Waals surface area contributed by atoms with Crippen LogP contribution in [-0.2, 0) is 10.0 Å². The van der Waals surface area contributed by atoms with E-state index in [4.69, 9.17) is 0 Å². The fraction of sp³-hybridized carbons (Fsp3) is 0.600. The van der Waals surface area contributed by atoms with Gasteiger partial charge in [0.15, 0.2) is 0 Å². The van der Waals surface area contributed by atoms with Gasteiger partial charge in [0.05, 0.1) is 0 Å². The average Bonchev–Trinajstić information content (AvgIpc) is 2.39. The van der Waals surface area contributed by atoms with Gasteiger partial charge in [-0.3, -0.25) is 0 Å². The summed E-state index contributed by atoms with van der Waals surface area (Å²) in [4.78, 5) is -0.220. The second kappa shape index (κ2) is 5.78. The predicted octanol–water partition coefficient (Wildman–Crippen LogP) is 1.89. The van der Waals surface area contributed by atoms with Crippen LogP contribution in [0, 0.1) is 11.2 Å². The first kappa shape index (κ1) is 16.2. The van der Waals surface area contributed by atoms with Crippen LogP contribution in [0.25, 0.3) is 0 Å². The highest BCUT2D eigenvalue weighted by Crippen LogP contribution is 2.50. The number of nitrogens with one attached hydrogen (secondary N) is 1. The number of rotatable bonds is 5. The zero-order chi connectivity index (χ0) is 16.0. The molecule has 1 atom stereocenters. The van der Waals surface area contributed by atoms with Gasteiger partial charge in [0.2, 0.25) is 10.0 Å². The highest BCUT2D eigenvalue weighted by atomic mass is 32.2. The van der Waals surface area contributed by atoms with Crippen LogP contribution in [0.4, 0.5) is 4.39 Å². The molecule has 1 saturated carbocycles. The SMILES string of the molecule is CC(CS)NC1CC2(C1)CN(S(=O)(=O)c1ccccc1F)C2. The van der Waals surface area contributed by atoms with E-state index in [0.717, 1.165) is 18.6 Å². The molecule has 7 heteroatoms. The maximum atomic E-state index is 13.7. The summed E-state index contributed by atoms with van der Waals surface area (Å²) in [5, 5.41) is 3.48. The van der Waals surface area contributed by atoms with Gasteiger partial charge in [-0.05, 0) is 31.9 Å². The van der Waals surface area contributed by atoms with E-state index in [-0.39, 0.29) is 10.3 Å². The Bertz CT molecular complexity index is 651. The molecule has 4 nitrogen and oxygen atoms in total. The third kappa shape index (κ3) is 2.79. The lowest BCUT2D eigenvalue weighted by molar-refractivity contribution is -0.0356. The minimum Gasteiger partial charge on any atom is -0.311 e. The van der Waals surface area contributed by atoms with Gasteiger partial charge in [-0.25, -0.2) is 12.8 Å². The van der Waals surface area contributed by atoms with Crippen LogP contribution in [0.3, 0.4) is 0 Å². The number of halogens is 1. The first-order valence-electron chi connectivity index (χ1n) is 7.48. The Kier molecular flexibility index (Phi) is 4.26. The zero-order valence-electron chi connectivity index (χ0n) is 12.5. The smallest absolute Gasteiger partial charge is 0.246 e. The molecule has 1 unspecified atom stereocenters. The quantitative estimate of drug-likeness (QED) is 0.802. The molecule has 2 fully saturated rings. The van der Waals surface area contributed by atoms with Crippen LogP contribution < -0.4 is 5.32 Å². The molecule has 1 heterocycles. The van der Waals surface area contributed by atoms with E-state index in [0.29, 0.717) is 25.2 Å². The topological polar surface area (TPSA) is 49.4 Å². The summed E-state index contributed by atoms with van der Waals surface area (Å²) < 4.78 is 40.0. The summed E-state index contributed by atoms with van der Waals surface area (Å²) >= 11 is 4.25. The van der Waals surface area contributed by atoms with Gasteiger partial charge < -0.3 is 5.32 Å². The van der Waals surface area contributed by atoms with Gasteiger partial charge in [-0.15, -0.1) is 0 Å². The van der Waals surface area contributed by atoms with Gasteiger partial charge in [0.25, 0.3) is 0 Å². The Morgan fingerprint density at radius 2 is 2.05 bits per heavy atom. The molecule has 1 saturated heterocycles. The first-order valence-corrected chi connectivity index (χ1v) is 9.55. The maximum absolute atomic E-state index is 13.7. The molecule has 1 aliphatic carbocycles. The summed E-state index contributed by atoms with van der Waals surface area (Å²) in [5.41, 5.74) is 0.0896. The molecule has 3 rings (SSSR count). The summed E-state index contributed by atoms with van der Waals surface area (Å²) in [6, 6.07) is 6.37. The highest BCUT2D eigenvalue weighted by molar-refractivity contribution is 7.89. The van der Waals surface area contributed by atoms with Crippen molar-refractivity contribution in [2.45, 2.75) is 36.7 Å². The number of thiol groups is 1.